The van der Waals surface area contributed by atoms with Crippen LogP contribution in [0.2, 0.25) is 0 Å². The molecule has 0 radical (unpaired) electrons. The zero-order valence-corrected chi connectivity index (χ0v) is 16.6. The molecule has 1 aromatic heterocycles. The summed E-state index contributed by atoms with van der Waals surface area (Å²) in [7, 11) is -1.21. The highest BCUT2D eigenvalue weighted by Crippen LogP contribution is 2.32. The monoisotopic (exact) mass is 392 g/mol. The molecule has 6 heteroatoms. The van der Waals surface area contributed by atoms with Crippen LogP contribution >= 0.6 is 0 Å². The van der Waals surface area contributed by atoms with E-state index >= 15 is 0 Å². The molecule has 0 bridgehead atoms. The maximum atomic E-state index is 11.7. The van der Waals surface area contributed by atoms with Gasteiger partial charge in [0.05, 0.1) is 22.2 Å². The van der Waals surface area contributed by atoms with Gasteiger partial charge in [-0.25, -0.2) is 8.42 Å². The van der Waals surface area contributed by atoms with E-state index in [0.29, 0.717) is 5.69 Å². The minimum absolute atomic E-state index is 0.0476. The van der Waals surface area contributed by atoms with Gasteiger partial charge >= 0.3 is 0 Å². The van der Waals surface area contributed by atoms with Gasteiger partial charge in [0.2, 0.25) is 21.1 Å². The number of fused-ring (bicyclic) bond motifs is 2. The Labute approximate surface area is 164 Å². The number of para-hydroxylation sites is 2. The third-order valence-corrected chi connectivity index (χ3v) is 6.18. The number of nitrogens with one attached hydrogen (secondary N) is 2. The van der Waals surface area contributed by atoms with Crippen molar-refractivity contribution < 1.29 is 13.0 Å². The van der Waals surface area contributed by atoms with Crippen LogP contribution < -0.4 is 14.6 Å². The van der Waals surface area contributed by atoms with Crippen LogP contribution in [-0.2, 0) is 17.1 Å². The van der Waals surface area contributed by atoms with E-state index in [1.807, 2.05) is 36.4 Å². The van der Waals surface area contributed by atoms with Crippen molar-refractivity contribution in [2.24, 2.45) is 7.05 Å². The fraction of sp³-hybridized carbons (Fsp3) is 0.136. The van der Waals surface area contributed by atoms with Crippen LogP contribution in [0.4, 0.5) is 17.1 Å². The van der Waals surface area contributed by atoms with Gasteiger partial charge in [-0.1, -0.05) is 24.3 Å². The minimum atomic E-state index is -3.28. The predicted octanol–water partition coefficient (Wildman–Crippen LogP) is 4.32. The Morgan fingerprint density at radius 2 is 1.29 bits per heavy atom. The van der Waals surface area contributed by atoms with Crippen LogP contribution in [0.1, 0.15) is 6.92 Å². The number of nitrogens with zero attached hydrogens (tertiary/aromatic N) is 1. The first-order valence-corrected chi connectivity index (χ1v) is 10.8. The number of sulfonamides is 1. The number of aryl methyl sites for hydroxylation is 1. The quantitative estimate of drug-likeness (QED) is 0.393. The second kappa shape index (κ2) is 7.13. The van der Waals surface area contributed by atoms with E-state index in [-0.39, 0.29) is 5.75 Å². The molecule has 0 aliphatic rings. The lowest BCUT2D eigenvalue weighted by Gasteiger charge is -2.13. The summed E-state index contributed by atoms with van der Waals surface area (Å²) in [5.41, 5.74) is 4.75. The zero-order chi connectivity index (χ0) is 19.7. The third-order valence-electron chi connectivity index (χ3n) is 4.88. The van der Waals surface area contributed by atoms with Crippen LogP contribution in [0.5, 0.6) is 0 Å². The molecular formula is C22H22N3O2S+. The number of aromatic nitrogens is 1. The molecule has 4 rings (SSSR count). The average Bonchev–Trinajstić information content (AvgIpc) is 2.72. The maximum absolute atomic E-state index is 11.7. The van der Waals surface area contributed by atoms with Crippen molar-refractivity contribution in [3.63, 3.8) is 0 Å². The van der Waals surface area contributed by atoms with Gasteiger partial charge in [0.1, 0.15) is 7.05 Å². The molecule has 0 atom stereocenters. The van der Waals surface area contributed by atoms with Gasteiger partial charge in [-0.3, -0.25) is 4.72 Å². The first kappa shape index (κ1) is 18.3. The van der Waals surface area contributed by atoms with Crippen molar-refractivity contribution in [1.82, 2.24) is 0 Å². The molecule has 3 aromatic carbocycles. The Morgan fingerprint density at radius 1 is 0.786 bits per heavy atom. The van der Waals surface area contributed by atoms with E-state index in [0.717, 1.165) is 33.2 Å². The smallest absolute Gasteiger partial charge is 0.232 e. The van der Waals surface area contributed by atoms with E-state index in [1.165, 1.54) is 0 Å². The van der Waals surface area contributed by atoms with Crippen LogP contribution in [0.15, 0.2) is 72.8 Å². The first-order chi connectivity index (χ1) is 13.5. The molecule has 0 amide bonds. The molecule has 1 heterocycles. The highest BCUT2D eigenvalue weighted by Gasteiger charge is 2.17. The number of hydrogen-bond acceptors (Lipinski definition) is 3. The van der Waals surface area contributed by atoms with Gasteiger partial charge in [0.15, 0.2) is 0 Å². The van der Waals surface area contributed by atoms with E-state index in [4.69, 9.17) is 0 Å². The van der Waals surface area contributed by atoms with E-state index in [1.54, 1.807) is 19.1 Å². The van der Waals surface area contributed by atoms with E-state index in [9.17, 15) is 8.42 Å². The van der Waals surface area contributed by atoms with Gasteiger partial charge in [0, 0.05) is 23.5 Å². The van der Waals surface area contributed by atoms with E-state index in [2.05, 4.69) is 45.9 Å². The molecule has 0 saturated heterocycles. The molecule has 0 fully saturated rings. The SMILES string of the molecule is CCS(=O)(=O)Nc1ccc(Nc2c3ccccc3[n+](C)c3ccccc23)cc1. The van der Waals surface area contributed by atoms with Crippen molar-refractivity contribution in [1.29, 1.82) is 0 Å². The lowest BCUT2D eigenvalue weighted by molar-refractivity contribution is -0.617. The van der Waals surface area contributed by atoms with Crippen LogP contribution in [-0.4, -0.2) is 14.2 Å². The van der Waals surface area contributed by atoms with Crippen LogP contribution in [0.25, 0.3) is 21.8 Å². The fourth-order valence-corrected chi connectivity index (χ4v) is 4.02. The molecule has 2 N–H and O–H groups in total. The van der Waals surface area contributed by atoms with E-state index < -0.39 is 10.0 Å². The van der Waals surface area contributed by atoms with Crippen LogP contribution in [0.3, 0.4) is 0 Å². The lowest BCUT2D eigenvalue weighted by atomic mass is 10.1. The van der Waals surface area contributed by atoms with Crippen molar-refractivity contribution in [2.75, 3.05) is 15.8 Å². The fourth-order valence-electron chi connectivity index (χ4n) is 3.38. The molecular weight excluding hydrogens is 370 g/mol. The Kier molecular flexibility index (Phi) is 4.65. The Hall–Kier alpha value is -3.12. The number of hydrogen-bond donors (Lipinski definition) is 2. The summed E-state index contributed by atoms with van der Waals surface area (Å²) >= 11 is 0. The molecule has 4 aromatic rings. The summed E-state index contributed by atoms with van der Waals surface area (Å²) in [6, 6.07) is 23.9. The van der Waals surface area contributed by atoms with Crippen molar-refractivity contribution in [3.8, 4) is 0 Å². The molecule has 28 heavy (non-hydrogen) atoms. The predicted molar refractivity (Wildman–Crippen MR) is 115 cm³/mol. The maximum Gasteiger partial charge on any atom is 0.232 e. The molecule has 0 aliphatic carbocycles. The molecule has 142 valence electrons. The zero-order valence-electron chi connectivity index (χ0n) is 15.8. The van der Waals surface area contributed by atoms with Gasteiger partial charge in [0.25, 0.3) is 0 Å². The Bertz CT molecular complexity index is 1210. The summed E-state index contributed by atoms with van der Waals surface area (Å²) in [6.07, 6.45) is 0. The van der Waals surface area contributed by atoms with Gasteiger partial charge < -0.3 is 5.32 Å². The summed E-state index contributed by atoms with van der Waals surface area (Å²) in [6.45, 7) is 1.61. The standard InChI is InChI=1S/C22H21N3O2S/c1-3-28(26,27)24-17-14-12-16(13-15-17)23-22-18-8-4-6-10-20(18)25(2)21-11-7-5-9-19(21)22/h4-15,24H,3H2,1-2H3/p+1. The summed E-state index contributed by atoms with van der Waals surface area (Å²) < 4.78 is 28.2. The number of rotatable bonds is 5. The van der Waals surface area contributed by atoms with Crippen LogP contribution in [0, 0.1) is 0 Å². The summed E-state index contributed by atoms with van der Waals surface area (Å²) in [5, 5.41) is 5.78. The topological polar surface area (TPSA) is 62.1 Å². The highest BCUT2D eigenvalue weighted by atomic mass is 32.2. The van der Waals surface area contributed by atoms with Gasteiger partial charge in [-0.05, 0) is 43.3 Å². The Morgan fingerprint density at radius 3 is 1.82 bits per heavy atom. The third kappa shape index (κ3) is 3.39. The minimum Gasteiger partial charge on any atom is -0.354 e. The number of benzene rings is 3. The normalized spacial score (nSPS) is 11.6. The van der Waals surface area contributed by atoms with Gasteiger partial charge in [-0.2, -0.15) is 4.57 Å². The average molecular weight is 393 g/mol. The molecule has 0 saturated carbocycles. The number of anilines is 3. The first-order valence-electron chi connectivity index (χ1n) is 9.15. The lowest BCUT2D eigenvalue weighted by Crippen LogP contribution is -2.30. The largest absolute Gasteiger partial charge is 0.354 e. The van der Waals surface area contributed by atoms with Gasteiger partial charge in [-0.15, -0.1) is 0 Å². The Balaban J connectivity index is 1.78. The molecule has 0 unspecified atom stereocenters. The molecule has 5 nitrogen and oxygen atoms in total. The molecule has 0 aliphatic heterocycles. The van der Waals surface area contributed by atoms with Crippen molar-refractivity contribution in [2.45, 2.75) is 6.92 Å². The number of pyridine rings is 1. The second-order valence-corrected chi connectivity index (χ2v) is 8.69. The summed E-state index contributed by atoms with van der Waals surface area (Å²) in [4.78, 5) is 0. The summed E-state index contributed by atoms with van der Waals surface area (Å²) in [5.74, 6) is 0.0476. The molecule has 0 spiro atoms. The van der Waals surface area contributed by atoms with Crippen molar-refractivity contribution >= 4 is 48.9 Å². The highest BCUT2D eigenvalue weighted by molar-refractivity contribution is 7.92. The second-order valence-electron chi connectivity index (χ2n) is 6.68. The van der Waals surface area contributed by atoms with Crippen molar-refractivity contribution in [3.05, 3.63) is 72.8 Å².